The third-order valence-electron chi connectivity index (χ3n) is 5.06. The molecule has 1 heterocycles. The van der Waals surface area contributed by atoms with Crippen molar-refractivity contribution in [1.29, 1.82) is 0 Å². The monoisotopic (exact) mass is 422 g/mol. The Kier molecular flexibility index (Phi) is 5.93. The summed E-state index contributed by atoms with van der Waals surface area (Å²) < 4.78 is 33.0. The highest BCUT2D eigenvalue weighted by Crippen LogP contribution is 2.25. The zero-order valence-electron chi connectivity index (χ0n) is 16.6. The van der Waals surface area contributed by atoms with Crippen LogP contribution in [0.1, 0.15) is 31.8 Å². The molecular formula is C24H20F2N2O3. The molecule has 0 bridgehead atoms. The molecule has 0 aliphatic carbocycles. The van der Waals surface area contributed by atoms with Crippen LogP contribution in [-0.4, -0.2) is 29.9 Å². The lowest BCUT2D eigenvalue weighted by molar-refractivity contribution is 0.0732. The SMILES string of the molecule is O=C(NCc1ccccc1F)c1ccc2c(c1)CN(C(=O)c1cccc(F)c1)CCO2. The van der Waals surface area contributed by atoms with Crippen molar-refractivity contribution < 1.29 is 23.1 Å². The van der Waals surface area contributed by atoms with Crippen LogP contribution in [0.15, 0.2) is 66.7 Å². The van der Waals surface area contributed by atoms with Crippen molar-refractivity contribution in [2.45, 2.75) is 13.1 Å². The van der Waals surface area contributed by atoms with Crippen molar-refractivity contribution in [1.82, 2.24) is 10.2 Å². The number of rotatable bonds is 4. The minimum Gasteiger partial charge on any atom is -0.491 e. The molecule has 1 aliphatic heterocycles. The van der Waals surface area contributed by atoms with Gasteiger partial charge in [0.25, 0.3) is 11.8 Å². The third kappa shape index (κ3) is 4.71. The van der Waals surface area contributed by atoms with Crippen LogP contribution in [0, 0.1) is 11.6 Å². The van der Waals surface area contributed by atoms with Gasteiger partial charge in [0.05, 0.1) is 6.54 Å². The van der Waals surface area contributed by atoms with E-state index in [1.807, 2.05) is 0 Å². The lowest BCUT2D eigenvalue weighted by Crippen LogP contribution is -2.32. The number of carbonyl (C=O) groups excluding carboxylic acids is 2. The Morgan fingerprint density at radius 3 is 2.61 bits per heavy atom. The van der Waals surface area contributed by atoms with Gasteiger partial charge in [-0.15, -0.1) is 0 Å². The van der Waals surface area contributed by atoms with E-state index in [2.05, 4.69) is 5.32 Å². The summed E-state index contributed by atoms with van der Waals surface area (Å²) in [5, 5.41) is 2.70. The predicted octanol–water partition coefficient (Wildman–Crippen LogP) is 3.93. The summed E-state index contributed by atoms with van der Waals surface area (Å²) in [6, 6.07) is 16.7. The minimum absolute atomic E-state index is 0.0588. The van der Waals surface area contributed by atoms with Crippen molar-refractivity contribution in [3.63, 3.8) is 0 Å². The number of benzene rings is 3. The minimum atomic E-state index is -0.480. The maximum atomic E-state index is 13.8. The van der Waals surface area contributed by atoms with E-state index in [0.717, 1.165) is 0 Å². The highest BCUT2D eigenvalue weighted by Gasteiger charge is 2.22. The van der Waals surface area contributed by atoms with Gasteiger partial charge in [-0.3, -0.25) is 9.59 Å². The van der Waals surface area contributed by atoms with E-state index in [0.29, 0.717) is 29.0 Å². The van der Waals surface area contributed by atoms with Crippen LogP contribution in [0.4, 0.5) is 8.78 Å². The molecule has 3 aromatic rings. The number of hydrogen-bond donors (Lipinski definition) is 1. The normalized spacial score (nSPS) is 13.0. The van der Waals surface area contributed by atoms with E-state index in [1.54, 1.807) is 47.4 Å². The van der Waals surface area contributed by atoms with Gasteiger partial charge in [0, 0.05) is 35.3 Å². The van der Waals surface area contributed by atoms with Gasteiger partial charge < -0.3 is 15.0 Å². The zero-order chi connectivity index (χ0) is 21.8. The highest BCUT2D eigenvalue weighted by atomic mass is 19.1. The number of halogens is 2. The molecule has 1 aliphatic rings. The first kappa shape index (κ1) is 20.5. The van der Waals surface area contributed by atoms with Gasteiger partial charge in [-0.1, -0.05) is 24.3 Å². The number of carbonyl (C=O) groups is 2. The average molecular weight is 422 g/mol. The number of nitrogens with one attached hydrogen (secondary N) is 1. The molecule has 0 atom stereocenters. The first-order valence-electron chi connectivity index (χ1n) is 9.83. The maximum Gasteiger partial charge on any atom is 0.254 e. The first-order chi connectivity index (χ1) is 15.0. The van der Waals surface area contributed by atoms with Crippen LogP contribution < -0.4 is 10.1 Å². The molecule has 0 fully saturated rings. The van der Waals surface area contributed by atoms with E-state index in [4.69, 9.17) is 4.74 Å². The Hall–Kier alpha value is -3.74. The molecule has 0 spiro atoms. The topological polar surface area (TPSA) is 58.6 Å². The van der Waals surface area contributed by atoms with Crippen LogP contribution in [-0.2, 0) is 13.1 Å². The Morgan fingerprint density at radius 1 is 0.968 bits per heavy atom. The van der Waals surface area contributed by atoms with E-state index in [9.17, 15) is 18.4 Å². The largest absolute Gasteiger partial charge is 0.491 e. The number of fused-ring (bicyclic) bond motifs is 1. The molecule has 1 N–H and O–H groups in total. The lowest BCUT2D eigenvalue weighted by Gasteiger charge is -2.20. The van der Waals surface area contributed by atoms with Gasteiger partial charge in [0.2, 0.25) is 0 Å². The van der Waals surface area contributed by atoms with Gasteiger partial charge in [-0.2, -0.15) is 0 Å². The van der Waals surface area contributed by atoms with Gasteiger partial charge in [0.1, 0.15) is 24.0 Å². The first-order valence-corrected chi connectivity index (χ1v) is 9.83. The molecule has 0 saturated heterocycles. The van der Waals surface area contributed by atoms with Crippen LogP contribution in [0.2, 0.25) is 0 Å². The Bertz CT molecular complexity index is 1130. The number of amides is 2. The number of hydrogen-bond acceptors (Lipinski definition) is 3. The third-order valence-corrected chi connectivity index (χ3v) is 5.06. The highest BCUT2D eigenvalue weighted by molar-refractivity contribution is 5.95. The van der Waals surface area contributed by atoms with Crippen LogP contribution in [0.25, 0.3) is 0 Å². The molecule has 0 aromatic heterocycles. The van der Waals surface area contributed by atoms with Crippen molar-refractivity contribution in [2.75, 3.05) is 13.2 Å². The summed E-state index contributed by atoms with van der Waals surface area (Å²) in [4.78, 5) is 26.9. The molecule has 5 nitrogen and oxygen atoms in total. The number of nitrogens with zero attached hydrogens (tertiary/aromatic N) is 1. The van der Waals surface area contributed by atoms with Crippen molar-refractivity contribution in [3.8, 4) is 5.75 Å². The smallest absolute Gasteiger partial charge is 0.254 e. The van der Waals surface area contributed by atoms with Gasteiger partial charge in [-0.25, -0.2) is 8.78 Å². The fourth-order valence-corrected chi connectivity index (χ4v) is 3.43. The second-order valence-corrected chi connectivity index (χ2v) is 7.18. The fourth-order valence-electron chi connectivity index (χ4n) is 3.43. The molecule has 0 radical (unpaired) electrons. The van der Waals surface area contributed by atoms with Gasteiger partial charge >= 0.3 is 0 Å². The van der Waals surface area contributed by atoms with E-state index >= 15 is 0 Å². The zero-order valence-corrected chi connectivity index (χ0v) is 16.6. The summed E-state index contributed by atoms with van der Waals surface area (Å²) in [5.41, 5.74) is 1.68. The summed E-state index contributed by atoms with van der Waals surface area (Å²) in [6.07, 6.45) is 0. The fraction of sp³-hybridized carbons (Fsp3) is 0.167. The van der Waals surface area contributed by atoms with E-state index < -0.39 is 5.82 Å². The molecule has 31 heavy (non-hydrogen) atoms. The number of ether oxygens (including phenoxy) is 1. The van der Waals surface area contributed by atoms with Crippen LogP contribution in [0.3, 0.4) is 0 Å². The van der Waals surface area contributed by atoms with Gasteiger partial charge in [0.15, 0.2) is 0 Å². The Morgan fingerprint density at radius 2 is 1.81 bits per heavy atom. The van der Waals surface area contributed by atoms with Gasteiger partial charge in [-0.05, 0) is 42.5 Å². The predicted molar refractivity (Wildman–Crippen MR) is 111 cm³/mol. The molecular weight excluding hydrogens is 402 g/mol. The van der Waals surface area contributed by atoms with Crippen LogP contribution in [0.5, 0.6) is 5.75 Å². The standard InChI is InChI=1S/C24H20F2N2O3/c25-20-6-3-5-17(13-20)24(30)28-10-11-31-22-9-8-16(12-19(22)15-28)23(29)27-14-18-4-1-2-7-21(18)26/h1-9,12-13H,10-11,14-15H2,(H,27,29). The molecule has 3 aromatic carbocycles. The van der Waals surface area contributed by atoms with Crippen molar-refractivity contribution in [3.05, 3.63) is 101 Å². The second-order valence-electron chi connectivity index (χ2n) is 7.18. The molecule has 4 rings (SSSR count). The molecule has 0 unspecified atom stereocenters. The summed E-state index contributed by atoms with van der Waals surface area (Å²) in [7, 11) is 0. The summed E-state index contributed by atoms with van der Waals surface area (Å²) >= 11 is 0. The second kappa shape index (κ2) is 8.95. The van der Waals surface area contributed by atoms with Crippen molar-refractivity contribution in [2.24, 2.45) is 0 Å². The summed E-state index contributed by atoms with van der Waals surface area (Å²) in [5.74, 6) is -0.959. The quantitative estimate of drug-likeness (QED) is 0.693. The van der Waals surface area contributed by atoms with Crippen molar-refractivity contribution >= 4 is 11.8 Å². The van der Waals surface area contributed by atoms with E-state index in [1.165, 1.54) is 24.3 Å². The van der Waals surface area contributed by atoms with Crippen LogP contribution >= 0.6 is 0 Å². The van der Waals surface area contributed by atoms with E-state index in [-0.39, 0.29) is 42.9 Å². The molecule has 0 saturated carbocycles. The lowest BCUT2D eigenvalue weighted by atomic mass is 10.1. The Balaban J connectivity index is 1.50. The maximum absolute atomic E-state index is 13.8. The molecule has 2 amide bonds. The average Bonchev–Trinajstić information content (AvgIpc) is 2.99. The molecule has 7 heteroatoms. The summed E-state index contributed by atoms with van der Waals surface area (Å²) in [6.45, 7) is 0.897. The molecule has 158 valence electrons. The Labute approximate surface area is 178 Å².